The largest absolute Gasteiger partial charge is 0.507 e. The Kier molecular flexibility index (Phi) is 5.84. The highest BCUT2D eigenvalue weighted by Gasteiger charge is 2.47. The smallest absolute Gasteiger partial charge is 0.300 e. The number of aryl methyl sites for hydroxylation is 2. The number of rotatable bonds is 4. The Morgan fingerprint density at radius 3 is 2.38 bits per heavy atom. The Morgan fingerprint density at radius 1 is 1.03 bits per heavy atom. The Hall–Kier alpha value is -3.45. The number of hydrogen-bond donors (Lipinski definition) is 1. The Morgan fingerprint density at radius 2 is 1.75 bits per heavy atom. The van der Waals surface area contributed by atoms with E-state index in [1.165, 1.54) is 12.0 Å². The number of pyridine rings is 1. The maximum atomic E-state index is 13.2. The van der Waals surface area contributed by atoms with Gasteiger partial charge in [0.1, 0.15) is 11.5 Å². The number of aliphatic hydroxyl groups is 1. The molecule has 1 amide bonds. The first kappa shape index (κ1) is 21.8. The zero-order chi connectivity index (χ0) is 23.0. The van der Waals surface area contributed by atoms with Gasteiger partial charge in [-0.15, -0.1) is 0 Å². The van der Waals surface area contributed by atoms with Gasteiger partial charge in [0.2, 0.25) is 0 Å². The van der Waals surface area contributed by atoms with E-state index in [9.17, 15) is 14.7 Å². The van der Waals surface area contributed by atoms with E-state index in [1.807, 2.05) is 32.0 Å². The van der Waals surface area contributed by atoms with E-state index in [2.05, 4.69) is 20.9 Å². The van der Waals surface area contributed by atoms with Crippen LogP contribution in [0.4, 0.5) is 5.69 Å². The number of nitrogens with zero attached hydrogens (tertiary/aromatic N) is 2. The summed E-state index contributed by atoms with van der Waals surface area (Å²) >= 11 is 3.41. The molecule has 1 aromatic heterocycles. The number of ketones is 1. The van der Waals surface area contributed by atoms with Crippen LogP contribution in [-0.2, 0) is 9.59 Å². The van der Waals surface area contributed by atoms with Crippen LogP contribution >= 0.6 is 15.9 Å². The second-order valence-corrected chi connectivity index (χ2v) is 8.42. The summed E-state index contributed by atoms with van der Waals surface area (Å²) in [6.07, 6.45) is 3.19. The standard InChI is InChI=1S/C25H21BrN2O4/c1-14-4-6-18(12-15(14)2)28-22(16-8-10-27-11-9-16)21(24(30)25(28)31)23(29)17-5-7-20(32-3)19(26)13-17/h4-13,22,29H,1-3H3/b23-21+. The number of amides is 1. The van der Waals surface area contributed by atoms with Crippen LogP contribution in [0.5, 0.6) is 5.75 Å². The molecule has 3 aromatic rings. The molecule has 1 aliphatic rings. The third kappa shape index (κ3) is 3.69. The van der Waals surface area contributed by atoms with Crippen molar-refractivity contribution in [3.8, 4) is 5.75 Å². The number of hydrogen-bond acceptors (Lipinski definition) is 5. The van der Waals surface area contributed by atoms with Crippen LogP contribution in [0.1, 0.15) is 28.3 Å². The molecule has 0 aliphatic carbocycles. The van der Waals surface area contributed by atoms with Crippen LogP contribution in [0.15, 0.2) is 71.0 Å². The highest BCUT2D eigenvalue weighted by Crippen LogP contribution is 2.42. The van der Waals surface area contributed by atoms with Gasteiger partial charge in [0.25, 0.3) is 11.7 Å². The number of aromatic nitrogens is 1. The Balaban J connectivity index is 1.94. The fraction of sp³-hybridized carbons (Fsp3) is 0.160. The lowest BCUT2D eigenvalue weighted by atomic mass is 9.95. The number of ether oxygens (including phenoxy) is 1. The summed E-state index contributed by atoms with van der Waals surface area (Å²) in [7, 11) is 1.54. The zero-order valence-electron chi connectivity index (χ0n) is 17.8. The molecule has 0 bridgehead atoms. The van der Waals surface area contributed by atoms with Gasteiger partial charge in [-0.1, -0.05) is 6.07 Å². The van der Waals surface area contributed by atoms with Crippen LogP contribution in [0.25, 0.3) is 5.76 Å². The Labute approximate surface area is 194 Å². The molecule has 4 rings (SSSR count). The molecule has 2 heterocycles. The molecular formula is C25H21BrN2O4. The lowest BCUT2D eigenvalue weighted by Crippen LogP contribution is -2.29. The molecular weight excluding hydrogens is 472 g/mol. The third-order valence-electron chi connectivity index (χ3n) is 5.66. The van der Waals surface area contributed by atoms with Crippen molar-refractivity contribution < 1.29 is 19.4 Å². The van der Waals surface area contributed by atoms with E-state index in [0.29, 0.717) is 27.0 Å². The Bertz CT molecular complexity index is 1250. The fourth-order valence-corrected chi connectivity index (χ4v) is 4.35. The van der Waals surface area contributed by atoms with Crippen molar-refractivity contribution in [1.82, 2.24) is 4.98 Å². The average Bonchev–Trinajstić information content (AvgIpc) is 3.06. The van der Waals surface area contributed by atoms with E-state index in [1.54, 1.807) is 42.7 Å². The van der Waals surface area contributed by atoms with E-state index in [-0.39, 0.29) is 11.3 Å². The van der Waals surface area contributed by atoms with Crippen molar-refractivity contribution in [1.29, 1.82) is 0 Å². The first-order chi connectivity index (χ1) is 15.3. The minimum atomic E-state index is -0.791. The molecule has 32 heavy (non-hydrogen) atoms. The number of anilines is 1. The predicted molar refractivity (Wildman–Crippen MR) is 126 cm³/mol. The quantitative estimate of drug-likeness (QED) is 0.311. The van der Waals surface area contributed by atoms with Gasteiger partial charge < -0.3 is 9.84 Å². The molecule has 1 N–H and O–H groups in total. The van der Waals surface area contributed by atoms with Gasteiger partial charge in [-0.05, 0) is 88.9 Å². The molecule has 0 saturated carbocycles. The molecule has 1 saturated heterocycles. The number of carbonyl (C=O) groups is 2. The third-order valence-corrected chi connectivity index (χ3v) is 6.28. The molecule has 7 heteroatoms. The molecule has 1 aliphatic heterocycles. The van der Waals surface area contributed by atoms with Gasteiger partial charge in [0, 0.05) is 23.6 Å². The number of benzene rings is 2. The van der Waals surface area contributed by atoms with Gasteiger partial charge in [-0.25, -0.2) is 0 Å². The van der Waals surface area contributed by atoms with Crippen molar-refractivity contribution >= 4 is 39.1 Å². The number of Topliss-reactive ketones (excluding diaryl/α,β-unsaturated/α-hetero) is 1. The monoisotopic (exact) mass is 492 g/mol. The molecule has 1 fully saturated rings. The van der Waals surface area contributed by atoms with Gasteiger partial charge in [0.15, 0.2) is 0 Å². The summed E-state index contributed by atoms with van der Waals surface area (Å²) in [6, 6.07) is 13.3. The van der Waals surface area contributed by atoms with Crippen LogP contribution in [0.3, 0.4) is 0 Å². The number of halogens is 1. The predicted octanol–water partition coefficient (Wildman–Crippen LogP) is 5.10. The van der Waals surface area contributed by atoms with Crippen molar-refractivity contribution in [3.05, 3.63) is 93.2 Å². The summed E-state index contributed by atoms with van der Waals surface area (Å²) < 4.78 is 5.87. The summed E-state index contributed by atoms with van der Waals surface area (Å²) in [6.45, 7) is 3.93. The summed E-state index contributed by atoms with van der Waals surface area (Å²) in [5, 5.41) is 11.2. The van der Waals surface area contributed by atoms with Crippen LogP contribution < -0.4 is 9.64 Å². The first-order valence-electron chi connectivity index (χ1n) is 9.95. The second kappa shape index (κ2) is 8.59. The van der Waals surface area contributed by atoms with E-state index < -0.39 is 17.7 Å². The van der Waals surface area contributed by atoms with Crippen molar-refractivity contribution in [2.45, 2.75) is 19.9 Å². The van der Waals surface area contributed by atoms with Crippen LogP contribution in [0.2, 0.25) is 0 Å². The van der Waals surface area contributed by atoms with Crippen LogP contribution in [-0.4, -0.2) is 28.9 Å². The SMILES string of the molecule is COc1ccc(/C(O)=C2\C(=O)C(=O)N(c3ccc(C)c(C)c3)C2c2ccncc2)cc1Br. The second-order valence-electron chi connectivity index (χ2n) is 7.57. The summed E-state index contributed by atoms with van der Waals surface area (Å²) in [5.41, 5.74) is 3.76. The lowest BCUT2D eigenvalue weighted by Gasteiger charge is -2.26. The number of aliphatic hydroxyl groups excluding tert-OH is 1. The average molecular weight is 493 g/mol. The lowest BCUT2D eigenvalue weighted by molar-refractivity contribution is -0.132. The molecule has 1 unspecified atom stereocenters. The zero-order valence-corrected chi connectivity index (χ0v) is 19.4. The minimum absolute atomic E-state index is 0.0245. The van der Waals surface area contributed by atoms with E-state index >= 15 is 0 Å². The first-order valence-corrected chi connectivity index (χ1v) is 10.7. The molecule has 1 atom stereocenters. The van der Waals surface area contributed by atoms with Crippen molar-refractivity contribution in [3.63, 3.8) is 0 Å². The summed E-state index contributed by atoms with van der Waals surface area (Å²) in [5.74, 6) is -1.10. The minimum Gasteiger partial charge on any atom is -0.507 e. The van der Waals surface area contributed by atoms with E-state index in [0.717, 1.165) is 11.1 Å². The number of methoxy groups -OCH3 is 1. The van der Waals surface area contributed by atoms with Crippen molar-refractivity contribution in [2.24, 2.45) is 0 Å². The molecule has 2 aromatic carbocycles. The molecule has 0 radical (unpaired) electrons. The van der Waals surface area contributed by atoms with Gasteiger partial charge in [-0.2, -0.15) is 0 Å². The van der Waals surface area contributed by atoms with Crippen LogP contribution in [0, 0.1) is 13.8 Å². The van der Waals surface area contributed by atoms with Gasteiger partial charge >= 0.3 is 0 Å². The number of carbonyl (C=O) groups excluding carboxylic acids is 2. The summed E-state index contributed by atoms with van der Waals surface area (Å²) in [4.78, 5) is 31.9. The maximum absolute atomic E-state index is 13.2. The molecule has 6 nitrogen and oxygen atoms in total. The fourth-order valence-electron chi connectivity index (χ4n) is 3.80. The highest BCUT2D eigenvalue weighted by molar-refractivity contribution is 9.10. The van der Waals surface area contributed by atoms with Gasteiger partial charge in [0.05, 0.1) is 23.2 Å². The normalized spacial score (nSPS) is 17.6. The van der Waals surface area contributed by atoms with Crippen molar-refractivity contribution in [2.75, 3.05) is 12.0 Å². The molecule has 0 spiro atoms. The maximum Gasteiger partial charge on any atom is 0.300 e. The van der Waals surface area contributed by atoms with E-state index in [4.69, 9.17) is 4.74 Å². The highest BCUT2D eigenvalue weighted by atomic mass is 79.9. The van der Waals surface area contributed by atoms with Gasteiger partial charge in [-0.3, -0.25) is 19.5 Å². The molecule has 162 valence electrons. The topological polar surface area (TPSA) is 79.7 Å².